The minimum atomic E-state index is -4.42. The fourth-order valence-electron chi connectivity index (χ4n) is 3.76. The number of H-pyrrole nitrogens is 1. The Kier molecular flexibility index (Phi) is 6.59. The molecule has 0 aliphatic carbocycles. The fraction of sp³-hybridized carbons (Fsp3) is 0.391. The molecule has 29 heavy (non-hydrogen) atoms. The van der Waals surface area contributed by atoms with Gasteiger partial charge in [0.1, 0.15) is 0 Å². The van der Waals surface area contributed by atoms with Crippen LogP contribution in [0.3, 0.4) is 0 Å². The van der Waals surface area contributed by atoms with E-state index >= 15 is 0 Å². The third-order valence-corrected chi connectivity index (χ3v) is 5.89. The minimum Gasteiger partial charge on any atom is -0.354 e. The maximum atomic E-state index is 13.3. The first kappa shape index (κ1) is 21.7. The molecule has 3 rings (SSSR count). The molecule has 2 nitrogen and oxygen atoms in total. The molecule has 0 saturated carbocycles. The SMILES string of the molecule is CCC(C)c1cccc2c(CCCCN)c(-c3cc(C(F)(F)F)ccc3Cl)[nH]c12. The summed E-state index contributed by atoms with van der Waals surface area (Å²) in [6.45, 7) is 4.86. The van der Waals surface area contributed by atoms with Crippen molar-refractivity contribution in [1.82, 2.24) is 4.98 Å². The van der Waals surface area contributed by atoms with Gasteiger partial charge in [-0.15, -0.1) is 0 Å². The van der Waals surface area contributed by atoms with Gasteiger partial charge < -0.3 is 10.7 Å². The standard InChI is InChI=1S/C23H26ClF3N2/c1-3-14(2)16-8-6-9-18-17(7-4-5-12-28)22(29-21(16)18)19-13-15(23(25,26)27)10-11-20(19)24/h6,8-11,13-14,29H,3-5,7,12,28H2,1-2H3. The lowest BCUT2D eigenvalue weighted by atomic mass is 9.94. The maximum absolute atomic E-state index is 13.3. The van der Waals surface area contributed by atoms with E-state index in [0.29, 0.717) is 28.7 Å². The molecule has 3 N–H and O–H groups in total. The van der Waals surface area contributed by atoms with E-state index in [1.807, 2.05) is 12.1 Å². The quantitative estimate of drug-likeness (QED) is 0.385. The van der Waals surface area contributed by atoms with Crippen LogP contribution in [-0.2, 0) is 12.6 Å². The summed E-state index contributed by atoms with van der Waals surface area (Å²) in [4.78, 5) is 3.43. The molecular weight excluding hydrogens is 397 g/mol. The number of hydrogen-bond acceptors (Lipinski definition) is 1. The van der Waals surface area contributed by atoms with Gasteiger partial charge in [0.25, 0.3) is 0 Å². The zero-order chi connectivity index (χ0) is 21.2. The van der Waals surface area contributed by atoms with Crippen molar-refractivity contribution in [3.63, 3.8) is 0 Å². The highest BCUT2D eigenvalue weighted by molar-refractivity contribution is 6.33. The van der Waals surface area contributed by atoms with Crippen LogP contribution >= 0.6 is 11.6 Å². The van der Waals surface area contributed by atoms with Gasteiger partial charge >= 0.3 is 6.18 Å². The predicted molar refractivity (Wildman–Crippen MR) is 114 cm³/mol. The van der Waals surface area contributed by atoms with Gasteiger partial charge in [-0.2, -0.15) is 13.2 Å². The number of para-hydroxylation sites is 1. The van der Waals surface area contributed by atoms with Gasteiger partial charge in [-0.3, -0.25) is 0 Å². The van der Waals surface area contributed by atoms with Crippen LogP contribution in [0.1, 0.15) is 55.7 Å². The summed E-state index contributed by atoms with van der Waals surface area (Å²) in [6.07, 6.45) is -1.01. The number of nitrogens with two attached hydrogens (primary N) is 1. The minimum absolute atomic E-state index is 0.301. The monoisotopic (exact) mass is 422 g/mol. The largest absolute Gasteiger partial charge is 0.416 e. The lowest BCUT2D eigenvalue weighted by molar-refractivity contribution is -0.137. The molecule has 1 aromatic heterocycles. The zero-order valence-electron chi connectivity index (χ0n) is 16.7. The summed E-state index contributed by atoms with van der Waals surface area (Å²) in [5, 5.41) is 1.35. The first-order valence-electron chi connectivity index (χ1n) is 9.98. The van der Waals surface area contributed by atoms with Gasteiger partial charge in [0.2, 0.25) is 0 Å². The molecule has 0 radical (unpaired) electrons. The van der Waals surface area contributed by atoms with Gasteiger partial charge in [-0.25, -0.2) is 0 Å². The Bertz CT molecular complexity index is 992. The number of aromatic amines is 1. The van der Waals surface area contributed by atoms with Gasteiger partial charge in [-0.1, -0.05) is 43.6 Å². The van der Waals surface area contributed by atoms with Crippen molar-refractivity contribution in [2.24, 2.45) is 5.73 Å². The predicted octanol–water partition coefficient (Wildman–Crippen LogP) is 7.30. The Labute approximate surface area is 174 Å². The average molecular weight is 423 g/mol. The van der Waals surface area contributed by atoms with Crippen LogP contribution in [0, 0.1) is 0 Å². The van der Waals surface area contributed by atoms with Crippen LogP contribution in [0.4, 0.5) is 13.2 Å². The van der Waals surface area contributed by atoms with Gasteiger partial charge in [-0.05, 0) is 67.5 Å². The molecule has 0 aliphatic heterocycles. The Morgan fingerprint density at radius 2 is 1.90 bits per heavy atom. The average Bonchev–Trinajstić information content (AvgIpc) is 3.05. The van der Waals surface area contributed by atoms with Crippen LogP contribution in [0.25, 0.3) is 22.2 Å². The number of aromatic nitrogens is 1. The molecule has 0 amide bonds. The smallest absolute Gasteiger partial charge is 0.354 e. The molecule has 2 aromatic carbocycles. The van der Waals surface area contributed by atoms with E-state index < -0.39 is 11.7 Å². The van der Waals surface area contributed by atoms with Gasteiger partial charge in [0.05, 0.1) is 11.3 Å². The maximum Gasteiger partial charge on any atom is 0.416 e. The third kappa shape index (κ3) is 4.46. The van der Waals surface area contributed by atoms with Crippen LogP contribution in [0.5, 0.6) is 0 Å². The molecule has 0 bridgehead atoms. The molecule has 0 fully saturated rings. The second kappa shape index (κ2) is 8.80. The van der Waals surface area contributed by atoms with E-state index in [9.17, 15) is 13.2 Å². The number of hydrogen-bond donors (Lipinski definition) is 2. The number of fused-ring (bicyclic) bond motifs is 1. The van der Waals surface area contributed by atoms with Crippen molar-refractivity contribution in [3.05, 3.63) is 58.1 Å². The summed E-state index contributed by atoms with van der Waals surface area (Å²) in [6, 6.07) is 9.61. The van der Waals surface area contributed by atoms with Crippen molar-refractivity contribution < 1.29 is 13.2 Å². The van der Waals surface area contributed by atoms with Crippen LogP contribution < -0.4 is 5.73 Å². The van der Waals surface area contributed by atoms with E-state index in [4.69, 9.17) is 17.3 Å². The van der Waals surface area contributed by atoms with Crippen molar-refractivity contribution in [3.8, 4) is 11.3 Å². The topological polar surface area (TPSA) is 41.8 Å². The van der Waals surface area contributed by atoms with Gasteiger partial charge in [0.15, 0.2) is 0 Å². The van der Waals surface area contributed by atoms with Gasteiger partial charge in [0, 0.05) is 21.5 Å². The summed E-state index contributed by atoms with van der Waals surface area (Å²) in [5.74, 6) is 0.332. The van der Waals surface area contributed by atoms with E-state index in [0.717, 1.165) is 54.3 Å². The molecule has 1 unspecified atom stereocenters. The van der Waals surface area contributed by atoms with E-state index in [-0.39, 0.29) is 0 Å². The number of alkyl halides is 3. The number of rotatable bonds is 7. The molecule has 0 saturated heterocycles. The van der Waals surface area contributed by atoms with E-state index in [1.165, 1.54) is 11.6 Å². The van der Waals surface area contributed by atoms with E-state index in [1.54, 1.807) is 0 Å². The molecule has 1 heterocycles. The fourth-order valence-corrected chi connectivity index (χ4v) is 3.97. The van der Waals surface area contributed by atoms with Crippen molar-refractivity contribution in [2.75, 3.05) is 6.54 Å². The highest BCUT2D eigenvalue weighted by atomic mass is 35.5. The molecule has 3 aromatic rings. The molecule has 0 spiro atoms. The number of unbranched alkanes of at least 4 members (excludes halogenated alkanes) is 1. The Morgan fingerprint density at radius 3 is 2.55 bits per heavy atom. The Morgan fingerprint density at radius 1 is 1.14 bits per heavy atom. The lowest BCUT2D eigenvalue weighted by Crippen LogP contribution is -2.05. The normalized spacial score (nSPS) is 13.2. The Hall–Kier alpha value is -1.98. The second-order valence-electron chi connectivity index (χ2n) is 7.50. The number of nitrogens with one attached hydrogen (secondary N) is 1. The number of aryl methyl sites for hydroxylation is 1. The summed E-state index contributed by atoms with van der Waals surface area (Å²) in [7, 11) is 0. The van der Waals surface area contributed by atoms with Crippen molar-refractivity contribution in [1.29, 1.82) is 0 Å². The summed E-state index contributed by atoms with van der Waals surface area (Å²) >= 11 is 6.36. The Balaban J connectivity index is 2.25. The van der Waals surface area contributed by atoms with Crippen LogP contribution in [-0.4, -0.2) is 11.5 Å². The van der Waals surface area contributed by atoms with Crippen molar-refractivity contribution >= 4 is 22.5 Å². The number of benzene rings is 2. The summed E-state index contributed by atoms with van der Waals surface area (Å²) < 4.78 is 40.0. The first-order valence-corrected chi connectivity index (χ1v) is 10.4. The third-order valence-electron chi connectivity index (χ3n) is 5.56. The van der Waals surface area contributed by atoms with Crippen LogP contribution in [0.2, 0.25) is 5.02 Å². The van der Waals surface area contributed by atoms with E-state index in [2.05, 4.69) is 24.9 Å². The lowest BCUT2D eigenvalue weighted by Gasteiger charge is -2.11. The highest BCUT2D eigenvalue weighted by Gasteiger charge is 2.31. The summed E-state index contributed by atoms with van der Waals surface area (Å²) in [5.41, 5.74) is 9.15. The number of halogens is 4. The molecule has 156 valence electrons. The van der Waals surface area contributed by atoms with Crippen LogP contribution in [0.15, 0.2) is 36.4 Å². The first-order chi connectivity index (χ1) is 13.8. The molecular formula is C23H26ClF3N2. The molecule has 6 heteroatoms. The van der Waals surface area contributed by atoms with Crippen molar-refractivity contribution in [2.45, 2.75) is 51.6 Å². The molecule has 0 aliphatic rings. The second-order valence-corrected chi connectivity index (χ2v) is 7.90. The highest BCUT2D eigenvalue weighted by Crippen LogP contribution is 2.40. The zero-order valence-corrected chi connectivity index (χ0v) is 17.4. The molecule has 1 atom stereocenters.